The highest BCUT2D eigenvalue weighted by molar-refractivity contribution is 7.99. The molecule has 1 aliphatic heterocycles. The minimum atomic E-state index is -0.933. The number of hydrogen-bond donors (Lipinski definition) is 1. The average Bonchev–Trinajstić information content (AvgIpc) is 3.04. The molecule has 0 aliphatic carbocycles. The second-order valence-corrected chi connectivity index (χ2v) is 11.5. The zero-order chi connectivity index (χ0) is 30.9. The molecular formula is C34H37N5O4S. The highest BCUT2D eigenvalue weighted by atomic mass is 32.2. The van der Waals surface area contributed by atoms with Crippen molar-refractivity contribution >= 4 is 35.0 Å². The Kier molecular flexibility index (Phi) is 10.5. The Morgan fingerprint density at radius 2 is 1.66 bits per heavy atom. The van der Waals surface area contributed by atoms with Crippen LogP contribution in [0.1, 0.15) is 28.6 Å². The first kappa shape index (κ1) is 31.0. The second kappa shape index (κ2) is 14.9. The van der Waals surface area contributed by atoms with Crippen LogP contribution in [-0.4, -0.2) is 65.8 Å². The van der Waals surface area contributed by atoms with Crippen molar-refractivity contribution < 1.29 is 19.1 Å². The summed E-state index contributed by atoms with van der Waals surface area (Å²) in [6.45, 7) is 7.08. The molecule has 0 bridgehead atoms. The first-order chi connectivity index (χ1) is 21.4. The molecule has 0 radical (unpaired) electrons. The van der Waals surface area contributed by atoms with Gasteiger partial charge in [0.25, 0.3) is 5.91 Å². The third-order valence-electron chi connectivity index (χ3n) is 7.28. The predicted molar refractivity (Wildman–Crippen MR) is 173 cm³/mol. The van der Waals surface area contributed by atoms with Gasteiger partial charge in [-0.25, -0.2) is 9.97 Å². The maximum Gasteiger partial charge on any atom is 0.251 e. The van der Waals surface area contributed by atoms with Gasteiger partial charge in [-0.05, 0) is 67.4 Å². The van der Waals surface area contributed by atoms with E-state index < -0.39 is 6.04 Å². The molecular weight excluding hydrogens is 574 g/mol. The standard InChI is InChI=1S/C34H37N5O4S/c1-24-20-25(2)36-34(35-24)44-23-31(40)39(22-26-8-5-4-6-9-26)32(27-10-7-11-30(21-27)42-3)33(41)37-28-12-14-29(15-13-28)38-16-18-43-19-17-38/h4-15,20-21,32H,16-19,22-23H2,1-3H3,(H,37,41). The van der Waals surface area contributed by atoms with Crippen molar-refractivity contribution in [3.05, 3.63) is 107 Å². The number of aromatic nitrogens is 2. The zero-order valence-corrected chi connectivity index (χ0v) is 26.0. The molecule has 1 fully saturated rings. The van der Waals surface area contributed by atoms with Crippen LogP contribution in [0.15, 0.2) is 90.1 Å². The maximum absolute atomic E-state index is 14.2. The number of anilines is 2. The molecule has 5 rings (SSSR count). The van der Waals surface area contributed by atoms with Crippen LogP contribution in [0, 0.1) is 13.8 Å². The minimum Gasteiger partial charge on any atom is -0.497 e. The van der Waals surface area contributed by atoms with Crippen LogP contribution in [0.25, 0.3) is 0 Å². The lowest BCUT2D eigenvalue weighted by Crippen LogP contribution is -2.41. The number of methoxy groups -OCH3 is 1. The smallest absolute Gasteiger partial charge is 0.251 e. The van der Waals surface area contributed by atoms with Gasteiger partial charge in [-0.2, -0.15) is 0 Å². The number of nitrogens with zero attached hydrogens (tertiary/aromatic N) is 4. The van der Waals surface area contributed by atoms with Crippen LogP contribution in [-0.2, 0) is 20.9 Å². The Labute approximate surface area is 262 Å². The van der Waals surface area contributed by atoms with Crippen LogP contribution < -0.4 is 15.0 Å². The van der Waals surface area contributed by atoms with Crippen LogP contribution in [0.4, 0.5) is 11.4 Å². The third kappa shape index (κ3) is 8.15. The maximum atomic E-state index is 14.2. The predicted octanol–water partition coefficient (Wildman–Crippen LogP) is 5.44. The lowest BCUT2D eigenvalue weighted by Gasteiger charge is -2.32. The fourth-order valence-corrected chi connectivity index (χ4v) is 5.98. The Bertz CT molecular complexity index is 1540. The quantitative estimate of drug-likeness (QED) is 0.177. The van der Waals surface area contributed by atoms with E-state index in [2.05, 4.69) is 20.2 Å². The van der Waals surface area contributed by atoms with Gasteiger partial charge < -0.3 is 24.6 Å². The molecule has 2 amide bonds. The number of benzene rings is 3. The van der Waals surface area contributed by atoms with Crippen molar-refractivity contribution in [2.75, 3.05) is 49.4 Å². The number of aryl methyl sites for hydroxylation is 2. The lowest BCUT2D eigenvalue weighted by molar-refractivity contribution is -0.137. The molecule has 1 atom stereocenters. The summed E-state index contributed by atoms with van der Waals surface area (Å²) in [7, 11) is 1.58. The first-order valence-electron chi connectivity index (χ1n) is 14.6. The fourth-order valence-electron chi connectivity index (χ4n) is 5.14. The Hall–Kier alpha value is -4.41. The van der Waals surface area contributed by atoms with Crippen molar-refractivity contribution in [1.29, 1.82) is 0 Å². The van der Waals surface area contributed by atoms with E-state index in [-0.39, 0.29) is 24.1 Å². The number of amides is 2. The summed E-state index contributed by atoms with van der Waals surface area (Å²) in [6, 6.07) is 25.7. The molecule has 0 spiro atoms. The zero-order valence-electron chi connectivity index (χ0n) is 25.2. The van der Waals surface area contributed by atoms with E-state index in [1.165, 1.54) is 11.8 Å². The summed E-state index contributed by atoms with van der Waals surface area (Å²) < 4.78 is 11.0. The van der Waals surface area contributed by atoms with Crippen molar-refractivity contribution in [1.82, 2.24) is 14.9 Å². The molecule has 0 saturated carbocycles. The number of hydrogen-bond acceptors (Lipinski definition) is 8. The van der Waals surface area contributed by atoms with E-state index in [1.807, 2.05) is 92.7 Å². The topological polar surface area (TPSA) is 96.9 Å². The number of carbonyl (C=O) groups excluding carboxylic acids is 2. The molecule has 3 aromatic carbocycles. The third-order valence-corrected chi connectivity index (χ3v) is 8.12. The molecule has 2 heterocycles. The molecule has 228 valence electrons. The monoisotopic (exact) mass is 611 g/mol. The summed E-state index contributed by atoms with van der Waals surface area (Å²) in [6.07, 6.45) is 0. The lowest BCUT2D eigenvalue weighted by atomic mass is 10.0. The van der Waals surface area contributed by atoms with E-state index in [4.69, 9.17) is 9.47 Å². The number of carbonyl (C=O) groups is 2. The van der Waals surface area contributed by atoms with Gasteiger partial charge in [-0.15, -0.1) is 0 Å². The molecule has 1 saturated heterocycles. The van der Waals surface area contributed by atoms with E-state index in [1.54, 1.807) is 18.1 Å². The van der Waals surface area contributed by atoms with Gasteiger partial charge in [-0.1, -0.05) is 54.2 Å². The van der Waals surface area contributed by atoms with Gasteiger partial charge in [0, 0.05) is 42.4 Å². The molecule has 9 nitrogen and oxygen atoms in total. The summed E-state index contributed by atoms with van der Waals surface area (Å²) >= 11 is 1.26. The fraction of sp³-hybridized carbons (Fsp3) is 0.294. The number of thioether (sulfide) groups is 1. The van der Waals surface area contributed by atoms with Crippen LogP contribution in [0.3, 0.4) is 0 Å². The van der Waals surface area contributed by atoms with Crippen molar-refractivity contribution in [2.24, 2.45) is 0 Å². The highest BCUT2D eigenvalue weighted by Gasteiger charge is 2.32. The first-order valence-corrected chi connectivity index (χ1v) is 15.5. The Morgan fingerprint density at radius 1 is 0.955 bits per heavy atom. The summed E-state index contributed by atoms with van der Waals surface area (Å²) in [4.78, 5) is 41.1. The molecule has 4 aromatic rings. The largest absolute Gasteiger partial charge is 0.497 e. The minimum absolute atomic E-state index is 0.0672. The molecule has 1 aromatic heterocycles. The number of morpholine rings is 1. The van der Waals surface area contributed by atoms with E-state index in [0.29, 0.717) is 35.4 Å². The SMILES string of the molecule is COc1cccc(C(C(=O)Nc2ccc(N3CCOCC3)cc2)N(Cc2ccccc2)C(=O)CSc2nc(C)cc(C)n2)c1. The van der Waals surface area contributed by atoms with Gasteiger partial charge in [0.2, 0.25) is 5.91 Å². The molecule has 1 unspecified atom stereocenters. The van der Waals surface area contributed by atoms with E-state index in [0.717, 1.165) is 35.7 Å². The van der Waals surface area contributed by atoms with Crippen LogP contribution in [0.5, 0.6) is 5.75 Å². The summed E-state index contributed by atoms with van der Waals surface area (Å²) in [5.74, 6) is 0.124. The highest BCUT2D eigenvalue weighted by Crippen LogP contribution is 2.30. The van der Waals surface area contributed by atoms with Gasteiger partial charge in [0.05, 0.1) is 26.1 Å². The van der Waals surface area contributed by atoms with Gasteiger partial charge in [0.15, 0.2) is 5.16 Å². The molecule has 44 heavy (non-hydrogen) atoms. The Morgan fingerprint density at radius 3 is 2.34 bits per heavy atom. The van der Waals surface area contributed by atoms with Crippen LogP contribution >= 0.6 is 11.8 Å². The Balaban J connectivity index is 1.45. The average molecular weight is 612 g/mol. The van der Waals surface area contributed by atoms with Crippen LogP contribution in [0.2, 0.25) is 0 Å². The molecule has 1 aliphatic rings. The van der Waals surface area contributed by atoms with Gasteiger partial charge in [-0.3, -0.25) is 9.59 Å². The van der Waals surface area contributed by atoms with Gasteiger partial charge >= 0.3 is 0 Å². The second-order valence-electron chi connectivity index (χ2n) is 10.5. The van der Waals surface area contributed by atoms with Crippen molar-refractivity contribution in [3.8, 4) is 5.75 Å². The number of nitrogens with one attached hydrogen (secondary N) is 1. The van der Waals surface area contributed by atoms with Gasteiger partial charge in [0.1, 0.15) is 11.8 Å². The summed E-state index contributed by atoms with van der Waals surface area (Å²) in [5, 5.41) is 3.60. The summed E-state index contributed by atoms with van der Waals surface area (Å²) in [5.41, 5.74) is 4.93. The molecule has 1 N–H and O–H groups in total. The normalized spacial score (nSPS) is 13.7. The van der Waals surface area contributed by atoms with Crippen molar-refractivity contribution in [3.63, 3.8) is 0 Å². The molecule has 10 heteroatoms. The number of rotatable bonds is 11. The van der Waals surface area contributed by atoms with E-state index in [9.17, 15) is 9.59 Å². The van der Waals surface area contributed by atoms with Crippen molar-refractivity contribution in [2.45, 2.75) is 31.6 Å². The number of ether oxygens (including phenoxy) is 2. The van der Waals surface area contributed by atoms with E-state index >= 15 is 0 Å².